The Hall–Kier alpha value is -1.41. The van der Waals surface area contributed by atoms with Gasteiger partial charge in [0.05, 0.1) is 15.7 Å². The van der Waals surface area contributed by atoms with Gasteiger partial charge in [-0.15, -0.1) is 0 Å². The molecule has 2 rings (SSSR count). The van der Waals surface area contributed by atoms with Crippen molar-refractivity contribution in [2.45, 2.75) is 4.90 Å². The van der Waals surface area contributed by atoms with Crippen LogP contribution in [0.15, 0.2) is 41.4 Å². The maximum atomic E-state index is 12.4. The number of rotatable bonds is 4. The van der Waals surface area contributed by atoms with Crippen LogP contribution in [0.25, 0.3) is 0 Å². The van der Waals surface area contributed by atoms with Crippen molar-refractivity contribution in [2.75, 3.05) is 4.72 Å². The summed E-state index contributed by atoms with van der Waals surface area (Å²) in [7, 11) is -3.98. The van der Waals surface area contributed by atoms with E-state index < -0.39 is 10.0 Å². The molecule has 110 valence electrons. The van der Waals surface area contributed by atoms with Crippen LogP contribution in [-0.4, -0.2) is 18.4 Å². The first-order chi connectivity index (χ1) is 9.83. The molecule has 2 aromatic rings. The molecule has 0 radical (unpaired) electrons. The number of pyridine rings is 1. The average Bonchev–Trinajstić information content (AvgIpc) is 2.43. The number of anilines is 1. The fraction of sp³-hybridized carbons (Fsp3) is 0. The van der Waals surface area contributed by atoms with E-state index in [0.29, 0.717) is 0 Å². The summed E-state index contributed by atoms with van der Waals surface area (Å²) in [6.45, 7) is 0. The topological polar surface area (TPSA) is 85.1 Å². The second kappa shape index (κ2) is 6.15. The molecule has 21 heavy (non-hydrogen) atoms. The summed E-state index contributed by atoms with van der Waals surface area (Å²) in [4.78, 5) is 3.61. The third-order valence-electron chi connectivity index (χ3n) is 2.49. The Labute approximate surface area is 137 Å². The molecule has 0 saturated heterocycles. The highest BCUT2D eigenvalue weighted by Gasteiger charge is 2.22. The molecular weight excluding hydrogens is 353 g/mol. The van der Waals surface area contributed by atoms with Gasteiger partial charge in [-0.25, -0.2) is 8.42 Å². The Bertz CT molecular complexity index is 790. The fourth-order valence-corrected chi connectivity index (χ4v) is 3.68. The number of thiocarbonyl (C=S) groups is 1. The number of nitrogens with zero attached hydrogens (tertiary/aromatic N) is 1. The van der Waals surface area contributed by atoms with Crippen LogP contribution in [-0.2, 0) is 10.0 Å². The lowest BCUT2D eigenvalue weighted by molar-refractivity contribution is 0.600. The lowest BCUT2D eigenvalue weighted by Gasteiger charge is -2.13. The maximum absolute atomic E-state index is 12.4. The molecule has 9 heteroatoms. The quantitative estimate of drug-likeness (QED) is 0.817. The first-order valence-electron chi connectivity index (χ1n) is 5.54. The average molecular weight is 362 g/mol. The highest BCUT2D eigenvalue weighted by Crippen LogP contribution is 2.32. The monoisotopic (exact) mass is 361 g/mol. The van der Waals surface area contributed by atoms with Crippen LogP contribution in [0.1, 0.15) is 5.69 Å². The number of benzene rings is 1. The van der Waals surface area contributed by atoms with Gasteiger partial charge >= 0.3 is 0 Å². The van der Waals surface area contributed by atoms with Crippen LogP contribution in [0, 0.1) is 0 Å². The Morgan fingerprint density at radius 1 is 1.19 bits per heavy atom. The van der Waals surface area contributed by atoms with Crippen molar-refractivity contribution in [3.63, 3.8) is 0 Å². The summed E-state index contributed by atoms with van der Waals surface area (Å²) in [5, 5.41) is 0.346. The molecule has 0 bridgehead atoms. The van der Waals surface area contributed by atoms with Gasteiger partial charge in [-0.1, -0.05) is 41.5 Å². The first-order valence-corrected chi connectivity index (χ1v) is 8.19. The Morgan fingerprint density at radius 2 is 1.81 bits per heavy atom. The van der Waals surface area contributed by atoms with Crippen molar-refractivity contribution >= 4 is 56.1 Å². The highest BCUT2D eigenvalue weighted by molar-refractivity contribution is 7.93. The van der Waals surface area contributed by atoms with E-state index >= 15 is 0 Å². The number of sulfonamides is 1. The summed E-state index contributed by atoms with van der Waals surface area (Å²) >= 11 is 16.7. The van der Waals surface area contributed by atoms with Crippen LogP contribution in [0.3, 0.4) is 0 Å². The van der Waals surface area contributed by atoms with E-state index in [0.717, 1.165) is 0 Å². The molecule has 0 atom stereocenters. The predicted octanol–water partition coefficient (Wildman–Crippen LogP) is 2.82. The van der Waals surface area contributed by atoms with E-state index in [2.05, 4.69) is 9.71 Å². The molecule has 3 N–H and O–H groups in total. The molecule has 0 saturated carbocycles. The van der Waals surface area contributed by atoms with E-state index in [1.165, 1.54) is 30.5 Å². The van der Waals surface area contributed by atoms with Gasteiger partial charge in [-0.2, -0.15) is 0 Å². The van der Waals surface area contributed by atoms with Gasteiger partial charge in [0.15, 0.2) is 0 Å². The highest BCUT2D eigenvalue weighted by atomic mass is 35.5. The van der Waals surface area contributed by atoms with Gasteiger partial charge in [0.1, 0.15) is 15.6 Å². The number of para-hydroxylation sites is 1. The number of hydrogen-bond acceptors (Lipinski definition) is 4. The smallest absolute Gasteiger partial charge is 0.264 e. The minimum absolute atomic E-state index is 0.00294. The second-order valence-electron chi connectivity index (χ2n) is 3.92. The van der Waals surface area contributed by atoms with Crippen molar-refractivity contribution in [1.29, 1.82) is 0 Å². The third-order valence-corrected chi connectivity index (χ3v) is 4.70. The van der Waals surface area contributed by atoms with Crippen LogP contribution >= 0.6 is 35.4 Å². The number of nitrogens with one attached hydrogen (secondary N) is 1. The van der Waals surface area contributed by atoms with Crippen LogP contribution in [0.2, 0.25) is 10.0 Å². The van der Waals surface area contributed by atoms with Crippen LogP contribution in [0.4, 0.5) is 5.69 Å². The van der Waals surface area contributed by atoms with Crippen LogP contribution in [0.5, 0.6) is 0 Å². The van der Waals surface area contributed by atoms with Crippen LogP contribution < -0.4 is 10.5 Å². The number of hydrogen-bond donors (Lipinski definition) is 2. The Kier molecular flexibility index (Phi) is 4.67. The van der Waals surface area contributed by atoms with E-state index in [1.807, 2.05) is 0 Å². The van der Waals surface area contributed by atoms with Gasteiger partial charge < -0.3 is 5.73 Å². The summed E-state index contributed by atoms with van der Waals surface area (Å²) in [5.41, 5.74) is 5.57. The van der Waals surface area contributed by atoms with Gasteiger partial charge in [0.2, 0.25) is 0 Å². The Morgan fingerprint density at radius 3 is 2.38 bits per heavy atom. The zero-order chi connectivity index (χ0) is 15.6. The largest absolute Gasteiger partial charge is 0.388 e. The fourth-order valence-electron chi connectivity index (χ4n) is 1.58. The van der Waals surface area contributed by atoms with Gasteiger partial charge in [-0.3, -0.25) is 9.71 Å². The van der Waals surface area contributed by atoms with Crippen molar-refractivity contribution in [3.05, 3.63) is 52.3 Å². The molecule has 5 nitrogen and oxygen atoms in total. The van der Waals surface area contributed by atoms with Gasteiger partial charge in [0.25, 0.3) is 10.0 Å². The molecule has 0 aliphatic heterocycles. The van der Waals surface area contributed by atoms with Crippen molar-refractivity contribution in [2.24, 2.45) is 5.73 Å². The predicted molar refractivity (Wildman–Crippen MR) is 87.4 cm³/mol. The number of halogens is 2. The minimum atomic E-state index is -3.98. The standard InChI is InChI=1S/C12H9Cl2N3O2S2/c13-7-3-1-4-8(14)10(7)17-21(18,19)9-5-2-6-16-11(9)12(15)20/h1-6,17H,(H2,15,20). The zero-order valence-electron chi connectivity index (χ0n) is 10.4. The molecular formula is C12H9Cl2N3O2S2. The van der Waals surface area contributed by atoms with E-state index in [9.17, 15) is 8.42 Å². The lowest BCUT2D eigenvalue weighted by atomic mass is 10.3. The first kappa shape index (κ1) is 16.0. The summed E-state index contributed by atoms with van der Waals surface area (Å²) in [6.07, 6.45) is 1.40. The minimum Gasteiger partial charge on any atom is -0.388 e. The molecule has 0 unspecified atom stereocenters. The number of nitrogens with two attached hydrogens (primary N) is 1. The summed E-state index contributed by atoms with van der Waals surface area (Å²) in [5.74, 6) is 0. The van der Waals surface area contributed by atoms with E-state index in [-0.39, 0.29) is 31.3 Å². The SMILES string of the molecule is NC(=S)c1ncccc1S(=O)(=O)Nc1c(Cl)cccc1Cl. The molecule has 1 aromatic carbocycles. The summed E-state index contributed by atoms with van der Waals surface area (Å²) < 4.78 is 27.2. The molecule has 0 aliphatic carbocycles. The molecule has 0 amide bonds. The molecule has 1 heterocycles. The Balaban J connectivity index is 2.52. The lowest BCUT2D eigenvalue weighted by Crippen LogP contribution is -2.21. The second-order valence-corrected chi connectivity index (χ2v) is 6.82. The van der Waals surface area contributed by atoms with E-state index in [1.54, 1.807) is 6.07 Å². The molecule has 0 fully saturated rings. The van der Waals surface area contributed by atoms with Crippen molar-refractivity contribution in [3.8, 4) is 0 Å². The van der Waals surface area contributed by atoms with E-state index in [4.69, 9.17) is 41.2 Å². The van der Waals surface area contributed by atoms with Crippen molar-refractivity contribution in [1.82, 2.24) is 4.98 Å². The zero-order valence-corrected chi connectivity index (χ0v) is 13.5. The maximum Gasteiger partial charge on any atom is 0.264 e. The normalized spacial score (nSPS) is 11.1. The summed E-state index contributed by atoms with van der Waals surface area (Å²) in [6, 6.07) is 7.44. The number of aromatic nitrogens is 1. The molecule has 0 aliphatic rings. The third kappa shape index (κ3) is 3.44. The van der Waals surface area contributed by atoms with Gasteiger partial charge in [0, 0.05) is 6.20 Å². The van der Waals surface area contributed by atoms with Crippen molar-refractivity contribution < 1.29 is 8.42 Å². The molecule has 0 spiro atoms. The molecule has 1 aromatic heterocycles. The van der Waals surface area contributed by atoms with Gasteiger partial charge in [-0.05, 0) is 24.3 Å².